The number of carbonyl (C=O) groups excluding carboxylic acids is 4. The van der Waals surface area contributed by atoms with E-state index in [1.54, 1.807) is 0 Å². The molecule has 0 aliphatic heterocycles. The number of ether oxygens (including phenoxy) is 4. The van der Waals surface area contributed by atoms with Crippen molar-refractivity contribution in [1.29, 1.82) is 0 Å². The molecule has 3 N–H and O–H groups in total. The Morgan fingerprint density at radius 2 is 0.505 bits per heavy atom. The number of phosphoric ester groups is 2. The van der Waals surface area contributed by atoms with Gasteiger partial charge in [-0.15, -0.1) is 0 Å². The fraction of sp³-hybridized carbons (Fsp3) is 0.947. The smallest absolute Gasteiger partial charge is 0.462 e. The first-order chi connectivity index (χ1) is 45.6. The average molecular weight is 1400 g/mol. The molecule has 0 aromatic carbocycles. The zero-order chi connectivity index (χ0) is 70.3. The number of aliphatic hydroxyl groups excluding tert-OH is 1. The van der Waals surface area contributed by atoms with E-state index in [1.807, 2.05) is 0 Å². The third-order valence-electron chi connectivity index (χ3n) is 17.9. The number of hydrogen-bond acceptors (Lipinski definition) is 15. The first kappa shape index (κ1) is 93.1. The Morgan fingerprint density at radius 3 is 0.747 bits per heavy atom. The molecule has 564 valence electrons. The molecule has 19 heteroatoms. The van der Waals surface area contributed by atoms with Crippen LogP contribution in [0.15, 0.2) is 0 Å². The summed E-state index contributed by atoms with van der Waals surface area (Å²) in [6, 6.07) is 0. The van der Waals surface area contributed by atoms with Gasteiger partial charge < -0.3 is 33.8 Å². The molecule has 0 saturated carbocycles. The Bertz CT molecular complexity index is 1870. The predicted molar refractivity (Wildman–Crippen MR) is 386 cm³/mol. The number of rotatable bonds is 73. The topological polar surface area (TPSA) is 237 Å². The summed E-state index contributed by atoms with van der Waals surface area (Å²) in [7, 11) is -9.91. The molecule has 0 bridgehead atoms. The molecule has 0 aliphatic carbocycles. The second kappa shape index (κ2) is 65.4. The third-order valence-corrected chi connectivity index (χ3v) is 19.8. The van der Waals surface area contributed by atoms with Crippen LogP contribution in [0.3, 0.4) is 0 Å². The Hall–Kier alpha value is -1.94. The van der Waals surface area contributed by atoms with Gasteiger partial charge in [0.2, 0.25) is 0 Å². The van der Waals surface area contributed by atoms with Crippen LogP contribution in [-0.4, -0.2) is 96.7 Å². The molecule has 0 heterocycles. The van der Waals surface area contributed by atoms with Gasteiger partial charge in [0.15, 0.2) is 12.2 Å². The molecule has 0 rings (SSSR count). The molecule has 0 aromatic heterocycles. The van der Waals surface area contributed by atoms with Gasteiger partial charge in [-0.1, -0.05) is 331 Å². The molecule has 0 spiro atoms. The van der Waals surface area contributed by atoms with E-state index in [-0.39, 0.29) is 25.7 Å². The predicted octanol–water partition coefficient (Wildman–Crippen LogP) is 22.0. The molecule has 0 saturated heterocycles. The monoisotopic (exact) mass is 1400 g/mol. The Balaban J connectivity index is 5.27. The highest BCUT2D eigenvalue weighted by molar-refractivity contribution is 7.47. The summed E-state index contributed by atoms with van der Waals surface area (Å²) < 4.78 is 68.6. The summed E-state index contributed by atoms with van der Waals surface area (Å²) >= 11 is 0. The van der Waals surface area contributed by atoms with Crippen LogP contribution in [-0.2, 0) is 65.4 Å². The van der Waals surface area contributed by atoms with Crippen LogP contribution in [0.2, 0.25) is 0 Å². The number of carbonyl (C=O) groups is 4. The first-order valence-electron chi connectivity index (χ1n) is 39.2. The van der Waals surface area contributed by atoms with Crippen molar-refractivity contribution in [2.75, 3.05) is 39.6 Å². The zero-order valence-corrected chi connectivity index (χ0v) is 64.1. The van der Waals surface area contributed by atoms with E-state index < -0.39 is 97.5 Å². The van der Waals surface area contributed by atoms with Crippen LogP contribution in [0.25, 0.3) is 0 Å². The second-order valence-electron chi connectivity index (χ2n) is 29.1. The Morgan fingerprint density at radius 1 is 0.295 bits per heavy atom. The summed E-state index contributed by atoms with van der Waals surface area (Å²) in [4.78, 5) is 72.8. The number of phosphoric acid groups is 2. The summed E-state index contributed by atoms with van der Waals surface area (Å²) in [5.41, 5.74) is 0. The standard InChI is InChI=1S/C76H148O17P2/c1-9-69(8)55-47-39-31-22-18-19-25-35-43-51-59-76(81)93-72(63-87-74(79)57-49-41-33-27-26-30-38-46-54-68(6)7)65-91-95(84,85)89-61-70(77)60-88-94(82,83)90-64-71(62-86-73(78)56-48-40-32-23-17-13-15-21-29-37-45-53-67(4)5)92-75(80)58-50-42-34-24-16-12-10-11-14-20-28-36-44-52-66(2)3/h66-72,77H,9-65H2,1-8H3,(H,82,83)(H,84,85)/t69?,70?,71-,72-/m1/s1. The van der Waals surface area contributed by atoms with E-state index >= 15 is 0 Å². The normalized spacial score (nSPS) is 14.4. The van der Waals surface area contributed by atoms with Crippen LogP contribution < -0.4 is 0 Å². The molecule has 6 atom stereocenters. The Kier molecular flexibility index (Phi) is 64.0. The van der Waals surface area contributed by atoms with E-state index in [9.17, 15) is 43.2 Å². The maximum Gasteiger partial charge on any atom is 0.472 e. The van der Waals surface area contributed by atoms with Gasteiger partial charge >= 0.3 is 39.5 Å². The van der Waals surface area contributed by atoms with Crippen LogP contribution in [0.1, 0.15) is 383 Å². The zero-order valence-electron chi connectivity index (χ0n) is 62.3. The SMILES string of the molecule is CCC(C)CCCCCCCCCCCCC(=O)O[C@H](COC(=O)CCCCCCCCCCC(C)C)COP(=O)(O)OCC(O)COP(=O)(O)OC[C@@H](COC(=O)CCCCCCCCCCCCCC(C)C)OC(=O)CCCCCCCCCCCCCCCC(C)C. The maximum absolute atomic E-state index is 13.1. The van der Waals surface area contributed by atoms with Crippen LogP contribution in [0.5, 0.6) is 0 Å². The first-order valence-corrected chi connectivity index (χ1v) is 42.2. The summed E-state index contributed by atoms with van der Waals surface area (Å²) in [5.74, 6) is 0.967. The quantitative estimate of drug-likeness (QED) is 0.0222. The fourth-order valence-corrected chi connectivity index (χ4v) is 13.1. The van der Waals surface area contributed by atoms with Gasteiger partial charge in [-0.3, -0.25) is 37.3 Å². The van der Waals surface area contributed by atoms with Gasteiger partial charge in [0.05, 0.1) is 26.4 Å². The third kappa shape index (κ3) is 69.0. The lowest BCUT2D eigenvalue weighted by Crippen LogP contribution is -2.30. The number of unbranched alkanes of at least 4 members (excludes halogenated alkanes) is 38. The van der Waals surface area contributed by atoms with Gasteiger partial charge in [-0.2, -0.15) is 0 Å². The van der Waals surface area contributed by atoms with Gasteiger partial charge in [0, 0.05) is 25.7 Å². The van der Waals surface area contributed by atoms with Crippen molar-refractivity contribution in [2.24, 2.45) is 23.7 Å². The van der Waals surface area contributed by atoms with Crippen molar-refractivity contribution in [2.45, 2.75) is 401 Å². The maximum atomic E-state index is 13.1. The molecule has 0 amide bonds. The molecular weight excluding hydrogens is 1250 g/mol. The van der Waals surface area contributed by atoms with Crippen molar-refractivity contribution in [1.82, 2.24) is 0 Å². The Labute approximate surface area is 581 Å². The lowest BCUT2D eigenvalue weighted by molar-refractivity contribution is -0.161. The highest BCUT2D eigenvalue weighted by Crippen LogP contribution is 2.45. The van der Waals surface area contributed by atoms with Crippen molar-refractivity contribution < 1.29 is 80.2 Å². The van der Waals surface area contributed by atoms with E-state index in [0.717, 1.165) is 114 Å². The average Bonchev–Trinajstić information content (AvgIpc) is 1.61. The second-order valence-corrected chi connectivity index (χ2v) is 32.0. The number of esters is 4. The fourth-order valence-electron chi connectivity index (χ4n) is 11.5. The molecule has 4 unspecified atom stereocenters. The summed E-state index contributed by atoms with van der Waals surface area (Å²) in [6.45, 7) is 14.2. The molecule has 0 aliphatic rings. The van der Waals surface area contributed by atoms with Crippen molar-refractivity contribution in [3.8, 4) is 0 Å². The van der Waals surface area contributed by atoms with E-state index in [4.69, 9.17) is 37.0 Å². The van der Waals surface area contributed by atoms with Gasteiger partial charge in [0.1, 0.15) is 19.3 Å². The minimum atomic E-state index is -4.96. The van der Waals surface area contributed by atoms with E-state index in [1.165, 1.54) is 186 Å². The van der Waals surface area contributed by atoms with Crippen molar-refractivity contribution in [3.05, 3.63) is 0 Å². The molecule has 0 fully saturated rings. The highest BCUT2D eigenvalue weighted by atomic mass is 31.2. The number of hydrogen-bond donors (Lipinski definition) is 3. The van der Waals surface area contributed by atoms with E-state index in [0.29, 0.717) is 25.7 Å². The molecule has 0 aromatic rings. The lowest BCUT2D eigenvalue weighted by atomic mass is 9.99. The van der Waals surface area contributed by atoms with Crippen LogP contribution in [0.4, 0.5) is 0 Å². The molecular formula is C76H148O17P2. The van der Waals surface area contributed by atoms with Gasteiger partial charge in [-0.25, -0.2) is 9.13 Å². The van der Waals surface area contributed by atoms with Crippen molar-refractivity contribution in [3.63, 3.8) is 0 Å². The minimum Gasteiger partial charge on any atom is -0.462 e. The molecule has 0 radical (unpaired) electrons. The van der Waals surface area contributed by atoms with Crippen LogP contribution in [0, 0.1) is 23.7 Å². The molecule has 95 heavy (non-hydrogen) atoms. The molecule has 17 nitrogen and oxygen atoms in total. The van der Waals surface area contributed by atoms with E-state index in [2.05, 4.69) is 55.4 Å². The highest BCUT2D eigenvalue weighted by Gasteiger charge is 2.30. The summed E-state index contributed by atoms with van der Waals surface area (Å²) in [5, 5.41) is 10.6. The van der Waals surface area contributed by atoms with Gasteiger partial charge in [0.25, 0.3) is 0 Å². The lowest BCUT2D eigenvalue weighted by Gasteiger charge is -2.21. The number of aliphatic hydroxyl groups is 1. The van der Waals surface area contributed by atoms with Gasteiger partial charge in [-0.05, 0) is 49.4 Å². The summed E-state index contributed by atoms with van der Waals surface area (Å²) in [6.07, 6.45) is 49.8. The largest absolute Gasteiger partial charge is 0.472 e. The van der Waals surface area contributed by atoms with Crippen molar-refractivity contribution >= 4 is 39.5 Å². The van der Waals surface area contributed by atoms with Crippen LogP contribution >= 0.6 is 15.6 Å². The minimum absolute atomic E-state index is 0.105.